The van der Waals surface area contributed by atoms with Gasteiger partial charge in [-0.2, -0.15) is 0 Å². The summed E-state index contributed by atoms with van der Waals surface area (Å²) in [4.78, 5) is 11.8. The molecule has 9 heteroatoms. The van der Waals surface area contributed by atoms with Crippen molar-refractivity contribution in [1.29, 1.82) is 0 Å². The predicted molar refractivity (Wildman–Crippen MR) is 79.0 cm³/mol. The van der Waals surface area contributed by atoms with Gasteiger partial charge in [0, 0.05) is 5.69 Å². The van der Waals surface area contributed by atoms with E-state index in [9.17, 15) is 13.2 Å². The van der Waals surface area contributed by atoms with Gasteiger partial charge in [-0.1, -0.05) is 0 Å². The number of aliphatic hydroxyl groups is 2. The molecule has 0 fully saturated rings. The first kappa shape index (κ1) is 17.2. The first-order valence-corrected chi connectivity index (χ1v) is 7.95. The van der Waals surface area contributed by atoms with Crippen LogP contribution in [-0.2, 0) is 14.8 Å². The largest absolute Gasteiger partial charge is 0.395 e. The fourth-order valence-electron chi connectivity index (χ4n) is 1.31. The van der Waals surface area contributed by atoms with E-state index in [0.29, 0.717) is 11.4 Å². The lowest BCUT2D eigenvalue weighted by Gasteiger charge is -2.23. The minimum Gasteiger partial charge on any atom is -0.395 e. The van der Waals surface area contributed by atoms with Crippen LogP contribution in [0.5, 0.6) is 0 Å². The second kappa shape index (κ2) is 6.74. The van der Waals surface area contributed by atoms with E-state index in [2.05, 4.69) is 15.6 Å². The summed E-state index contributed by atoms with van der Waals surface area (Å²) in [6.45, 7) is 0.436. The molecule has 0 saturated heterocycles. The Morgan fingerprint density at radius 3 is 2.05 bits per heavy atom. The third-order valence-corrected chi connectivity index (χ3v) is 3.36. The van der Waals surface area contributed by atoms with Gasteiger partial charge in [0.25, 0.3) is 0 Å². The monoisotopic (exact) mass is 317 g/mol. The SMILES string of the molecule is CC(CO)(CO)C(=O)NNc1ccc(NS(C)(=O)=O)cc1. The van der Waals surface area contributed by atoms with Gasteiger partial charge < -0.3 is 10.2 Å². The fourth-order valence-corrected chi connectivity index (χ4v) is 1.87. The van der Waals surface area contributed by atoms with Crippen LogP contribution < -0.4 is 15.6 Å². The van der Waals surface area contributed by atoms with E-state index in [1.165, 1.54) is 19.1 Å². The van der Waals surface area contributed by atoms with Crippen LogP contribution in [0.1, 0.15) is 6.92 Å². The van der Waals surface area contributed by atoms with Crippen LogP contribution in [0.3, 0.4) is 0 Å². The number of carbonyl (C=O) groups is 1. The highest BCUT2D eigenvalue weighted by Crippen LogP contribution is 2.16. The number of rotatable bonds is 7. The Morgan fingerprint density at radius 2 is 1.62 bits per heavy atom. The summed E-state index contributed by atoms with van der Waals surface area (Å²) in [6, 6.07) is 6.16. The maximum atomic E-state index is 11.8. The lowest BCUT2D eigenvalue weighted by atomic mass is 9.92. The molecule has 118 valence electrons. The number of hydrazine groups is 1. The second-order valence-corrected chi connectivity index (χ2v) is 6.66. The summed E-state index contributed by atoms with van der Waals surface area (Å²) in [5.41, 5.74) is 4.59. The highest BCUT2D eigenvalue weighted by atomic mass is 32.2. The van der Waals surface area contributed by atoms with E-state index in [4.69, 9.17) is 10.2 Å². The Kier molecular flexibility index (Phi) is 5.53. The van der Waals surface area contributed by atoms with E-state index < -0.39 is 34.6 Å². The van der Waals surface area contributed by atoms with Crippen molar-refractivity contribution in [3.05, 3.63) is 24.3 Å². The zero-order chi connectivity index (χ0) is 16.1. The molecule has 1 amide bonds. The van der Waals surface area contributed by atoms with Gasteiger partial charge >= 0.3 is 0 Å². The minimum absolute atomic E-state index is 0.393. The van der Waals surface area contributed by atoms with Gasteiger partial charge in [-0.15, -0.1) is 0 Å². The molecule has 0 aliphatic carbocycles. The third-order valence-electron chi connectivity index (χ3n) is 2.75. The third kappa shape index (κ3) is 5.21. The number of hydrogen-bond acceptors (Lipinski definition) is 6. The molecule has 0 spiro atoms. The molecule has 1 aromatic carbocycles. The van der Waals surface area contributed by atoms with Crippen molar-refractivity contribution in [1.82, 2.24) is 5.43 Å². The predicted octanol–water partition coefficient (Wildman–Crippen LogP) is -0.508. The smallest absolute Gasteiger partial charge is 0.248 e. The van der Waals surface area contributed by atoms with E-state index in [1.54, 1.807) is 12.1 Å². The number of anilines is 2. The van der Waals surface area contributed by atoms with Gasteiger partial charge in [0.05, 0.1) is 30.6 Å². The molecule has 0 atom stereocenters. The Morgan fingerprint density at radius 1 is 1.14 bits per heavy atom. The summed E-state index contributed by atoms with van der Waals surface area (Å²) in [5, 5.41) is 18.2. The maximum absolute atomic E-state index is 11.8. The summed E-state index contributed by atoms with van der Waals surface area (Å²) in [7, 11) is -3.34. The number of carbonyl (C=O) groups excluding carboxylic acids is 1. The van der Waals surface area contributed by atoms with Crippen LogP contribution in [0, 0.1) is 5.41 Å². The normalized spacial score (nSPS) is 11.8. The molecular weight excluding hydrogens is 298 g/mol. The van der Waals surface area contributed by atoms with Gasteiger partial charge in [0.15, 0.2) is 0 Å². The van der Waals surface area contributed by atoms with Gasteiger partial charge in [0.2, 0.25) is 15.9 Å². The van der Waals surface area contributed by atoms with E-state index in [1.807, 2.05) is 0 Å². The number of aliphatic hydroxyl groups excluding tert-OH is 2. The quantitative estimate of drug-likeness (QED) is 0.431. The lowest BCUT2D eigenvalue weighted by Crippen LogP contribution is -2.46. The lowest BCUT2D eigenvalue weighted by molar-refractivity contribution is -0.134. The standard InChI is InChI=1S/C12H19N3O5S/c1-12(7-16,8-17)11(18)14-13-9-3-5-10(6-4-9)15-21(2,19)20/h3-6,13,15-17H,7-8H2,1-2H3,(H,14,18). The van der Waals surface area contributed by atoms with Gasteiger partial charge in [-0.25, -0.2) is 8.42 Å². The van der Waals surface area contributed by atoms with E-state index in [-0.39, 0.29) is 0 Å². The van der Waals surface area contributed by atoms with Gasteiger partial charge in [0.1, 0.15) is 0 Å². The van der Waals surface area contributed by atoms with Crippen LogP contribution in [0.2, 0.25) is 0 Å². The zero-order valence-electron chi connectivity index (χ0n) is 11.8. The molecular formula is C12H19N3O5S. The van der Waals surface area contributed by atoms with Crippen LogP contribution >= 0.6 is 0 Å². The van der Waals surface area contributed by atoms with Gasteiger partial charge in [-0.05, 0) is 31.2 Å². The molecule has 1 rings (SSSR count). The number of benzene rings is 1. The molecule has 0 bridgehead atoms. The van der Waals surface area contributed by atoms with Crippen molar-refractivity contribution in [3.63, 3.8) is 0 Å². The van der Waals surface area contributed by atoms with Crippen molar-refractivity contribution < 1.29 is 23.4 Å². The average molecular weight is 317 g/mol. The number of amides is 1. The van der Waals surface area contributed by atoms with E-state index >= 15 is 0 Å². The highest BCUT2D eigenvalue weighted by molar-refractivity contribution is 7.92. The topological polar surface area (TPSA) is 128 Å². The minimum atomic E-state index is -3.34. The summed E-state index contributed by atoms with van der Waals surface area (Å²) < 4.78 is 24.4. The first-order chi connectivity index (χ1) is 9.70. The van der Waals surface area contributed by atoms with Gasteiger partial charge in [-0.3, -0.25) is 20.4 Å². The van der Waals surface area contributed by atoms with Crippen molar-refractivity contribution in [2.75, 3.05) is 29.6 Å². The van der Waals surface area contributed by atoms with Crippen LogP contribution in [0.25, 0.3) is 0 Å². The summed E-state index contributed by atoms with van der Waals surface area (Å²) in [6.07, 6.45) is 1.05. The van der Waals surface area contributed by atoms with Crippen molar-refractivity contribution in [3.8, 4) is 0 Å². The molecule has 0 aliphatic rings. The second-order valence-electron chi connectivity index (χ2n) is 4.91. The molecule has 0 unspecified atom stereocenters. The average Bonchev–Trinajstić information content (AvgIpc) is 2.43. The van der Waals surface area contributed by atoms with Crippen LogP contribution in [-0.4, -0.2) is 44.0 Å². The molecule has 8 nitrogen and oxygen atoms in total. The number of sulfonamides is 1. The number of nitrogens with one attached hydrogen (secondary N) is 3. The Labute approximate surface area is 123 Å². The Bertz CT molecular complexity index is 581. The highest BCUT2D eigenvalue weighted by Gasteiger charge is 2.31. The molecule has 0 radical (unpaired) electrons. The zero-order valence-corrected chi connectivity index (χ0v) is 12.6. The molecule has 21 heavy (non-hydrogen) atoms. The maximum Gasteiger partial charge on any atom is 0.248 e. The van der Waals surface area contributed by atoms with E-state index in [0.717, 1.165) is 6.26 Å². The molecule has 0 saturated carbocycles. The van der Waals surface area contributed by atoms with Crippen molar-refractivity contribution >= 4 is 27.3 Å². The van der Waals surface area contributed by atoms with Crippen molar-refractivity contribution in [2.24, 2.45) is 5.41 Å². The number of hydrogen-bond donors (Lipinski definition) is 5. The van der Waals surface area contributed by atoms with Crippen LogP contribution in [0.15, 0.2) is 24.3 Å². The fraction of sp³-hybridized carbons (Fsp3) is 0.417. The molecule has 0 aliphatic heterocycles. The molecule has 0 heterocycles. The molecule has 5 N–H and O–H groups in total. The Hall–Kier alpha value is -1.84. The molecule has 0 aromatic heterocycles. The van der Waals surface area contributed by atoms with Crippen LogP contribution in [0.4, 0.5) is 11.4 Å². The summed E-state index contributed by atoms with van der Waals surface area (Å²) >= 11 is 0. The first-order valence-electron chi connectivity index (χ1n) is 6.06. The molecule has 1 aromatic rings. The summed E-state index contributed by atoms with van der Waals surface area (Å²) in [5.74, 6) is -0.564. The van der Waals surface area contributed by atoms with Crippen molar-refractivity contribution in [2.45, 2.75) is 6.92 Å². The Balaban J connectivity index is 2.63.